The third-order valence-corrected chi connectivity index (χ3v) is 6.44. The van der Waals surface area contributed by atoms with Crippen LogP contribution in [0.5, 0.6) is 0 Å². The van der Waals surface area contributed by atoms with Gasteiger partial charge in [0.05, 0.1) is 0 Å². The lowest BCUT2D eigenvalue weighted by molar-refractivity contribution is 0.119. The van der Waals surface area contributed by atoms with Crippen LogP contribution < -0.4 is 0 Å². The Hall–Kier alpha value is -1.95. The fraction of sp³-hybridized carbons (Fsp3) is 0.476. The van der Waals surface area contributed by atoms with Crippen molar-refractivity contribution < 1.29 is 19.0 Å². The van der Waals surface area contributed by atoms with Crippen LogP contribution in [0.25, 0.3) is 0 Å². The number of nitrogens with zero attached hydrogens (tertiary/aromatic N) is 1. The minimum absolute atomic E-state index is 0.221. The van der Waals surface area contributed by atoms with E-state index < -0.39 is 6.16 Å². The van der Waals surface area contributed by atoms with Crippen molar-refractivity contribution in [2.75, 3.05) is 18.8 Å². The predicted molar refractivity (Wildman–Crippen MR) is 106 cm³/mol. The Kier molecular flexibility index (Phi) is 6.15. The number of halogens is 1. The first-order valence-electron chi connectivity index (χ1n) is 9.29. The molecule has 0 amide bonds. The molecule has 1 aromatic rings. The average Bonchev–Trinajstić information content (AvgIpc) is 3.20. The number of carbonyl (C=O) groups is 1. The predicted octanol–water partition coefficient (Wildman–Crippen LogP) is 5.27. The molecule has 0 radical (unpaired) electrons. The van der Waals surface area contributed by atoms with Gasteiger partial charge in [-0.15, -0.1) is 11.8 Å². The summed E-state index contributed by atoms with van der Waals surface area (Å²) in [6, 6.07) is 6.58. The van der Waals surface area contributed by atoms with Gasteiger partial charge in [-0.1, -0.05) is 32.1 Å². The van der Waals surface area contributed by atoms with Gasteiger partial charge in [-0.25, -0.2) is 9.18 Å². The van der Waals surface area contributed by atoms with Gasteiger partial charge in [0.2, 0.25) is 0 Å². The van der Waals surface area contributed by atoms with Crippen LogP contribution in [0.15, 0.2) is 47.2 Å². The van der Waals surface area contributed by atoms with Crippen molar-refractivity contribution in [3.8, 4) is 0 Å². The largest absolute Gasteiger partial charge is 0.511 e. The number of thioether (sulfide) groups is 1. The van der Waals surface area contributed by atoms with Crippen molar-refractivity contribution in [2.45, 2.75) is 33.1 Å². The maximum Gasteiger partial charge on any atom is 0.511 e. The average molecular weight is 392 g/mol. The van der Waals surface area contributed by atoms with E-state index in [0.29, 0.717) is 17.1 Å². The van der Waals surface area contributed by atoms with E-state index in [9.17, 15) is 9.18 Å². The molecule has 4 nitrogen and oxygen atoms in total. The molecule has 0 aromatic heterocycles. The molecular weight excluding hydrogens is 365 g/mol. The molecule has 0 saturated heterocycles. The second-order valence-electron chi connectivity index (χ2n) is 7.81. The second kappa shape index (κ2) is 8.38. The summed E-state index contributed by atoms with van der Waals surface area (Å²) in [6.45, 7) is 6.24. The fourth-order valence-electron chi connectivity index (χ4n) is 3.34. The van der Waals surface area contributed by atoms with Crippen molar-refractivity contribution in [3.63, 3.8) is 0 Å². The van der Waals surface area contributed by atoms with E-state index in [0.717, 1.165) is 42.3 Å². The quantitative estimate of drug-likeness (QED) is 0.483. The zero-order valence-electron chi connectivity index (χ0n) is 15.8. The van der Waals surface area contributed by atoms with Crippen molar-refractivity contribution in [1.82, 2.24) is 4.90 Å². The number of benzene rings is 1. The van der Waals surface area contributed by atoms with E-state index in [2.05, 4.69) is 18.7 Å². The first kappa shape index (κ1) is 19.8. The number of carboxylic acid groups (broad SMARTS) is 1. The second-order valence-corrected chi connectivity index (χ2v) is 8.90. The molecule has 1 aromatic carbocycles. The van der Waals surface area contributed by atoms with Gasteiger partial charge in [-0.2, -0.15) is 0 Å². The Morgan fingerprint density at radius 2 is 2.07 bits per heavy atom. The lowest BCUT2D eigenvalue weighted by Gasteiger charge is -2.30. The SMILES string of the molecule is CC1(C)CC1CN1CC=CC(OC(=O)O)=C1SCCCc1ccc(F)cc1. The Bertz CT molecular complexity index is 742. The fourth-order valence-corrected chi connectivity index (χ4v) is 4.40. The number of hydrogen-bond donors (Lipinski definition) is 1. The van der Waals surface area contributed by atoms with Crippen LogP contribution in [-0.2, 0) is 11.2 Å². The topological polar surface area (TPSA) is 49.8 Å². The number of allylic oxidation sites excluding steroid dienone is 1. The van der Waals surface area contributed by atoms with Crippen molar-refractivity contribution in [3.05, 3.63) is 58.6 Å². The third kappa shape index (κ3) is 5.51. The number of hydrogen-bond acceptors (Lipinski definition) is 4. The van der Waals surface area contributed by atoms with Gasteiger partial charge in [0.1, 0.15) is 10.8 Å². The highest BCUT2D eigenvalue weighted by atomic mass is 32.2. The van der Waals surface area contributed by atoms with Crippen LogP contribution in [0.3, 0.4) is 0 Å². The summed E-state index contributed by atoms with van der Waals surface area (Å²) in [5.74, 6) is 1.67. The normalized spacial score (nSPS) is 20.7. The summed E-state index contributed by atoms with van der Waals surface area (Å²) in [4.78, 5) is 13.3. The minimum atomic E-state index is -1.28. The molecule has 0 bridgehead atoms. The van der Waals surface area contributed by atoms with Gasteiger partial charge in [-0.3, -0.25) is 0 Å². The van der Waals surface area contributed by atoms with E-state index in [1.54, 1.807) is 17.8 Å². The van der Waals surface area contributed by atoms with Gasteiger partial charge in [0, 0.05) is 13.1 Å². The van der Waals surface area contributed by atoms with Gasteiger partial charge in [0.15, 0.2) is 5.76 Å². The third-order valence-electron chi connectivity index (χ3n) is 5.21. The Labute approximate surface area is 164 Å². The van der Waals surface area contributed by atoms with Crippen molar-refractivity contribution in [2.24, 2.45) is 11.3 Å². The van der Waals surface area contributed by atoms with Crippen LogP contribution in [0.2, 0.25) is 0 Å². The summed E-state index contributed by atoms with van der Waals surface area (Å²) >= 11 is 1.64. The molecule has 1 aliphatic carbocycles. The number of rotatable bonds is 8. The summed E-state index contributed by atoms with van der Waals surface area (Å²) in [5, 5.41) is 9.95. The van der Waals surface area contributed by atoms with Crippen LogP contribution >= 0.6 is 11.8 Å². The van der Waals surface area contributed by atoms with Gasteiger partial charge in [-0.05, 0) is 60.1 Å². The summed E-state index contributed by atoms with van der Waals surface area (Å²) < 4.78 is 18.0. The molecule has 1 N–H and O–H groups in total. The molecule has 2 aliphatic rings. The number of ether oxygens (including phenoxy) is 1. The van der Waals surface area contributed by atoms with Crippen molar-refractivity contribution in [1.29, 1.82) is 0 Å². The Morgan fingerprint density at radius 1 is 1.37 bits per heavy atom. The highest BCUT2D eigenvalue weighted by molar-refractivity contribution is 8.03. The Balaban J connectivity index is 1.60. The minimum Gasteiger partial charge on any atom is -0.449 e. The molecule has 0 spiro atoms. The van der Waals surface area contributed by atoms with Crippen molar-refractivity contribution >= 4 is 17.9 Å². The van der Waals surface area contributed by atoms with Gasteiger partial charge in [0.25, 0.3) is 0 Å². The first-order chi connectivity index (χ1) is 12.8. The summed E-state index contributed by atoms with van der Waals surface area (Å²) in [6.07, 6.45) is 5.41. The standard InChI is InChI=1S/C21H26FNO3S/c1-21(2)13-16(21)14-23-11-3-6-18(26-20(24)25)19(23)27-12-4-5-15-7-9-17(22)10-8-15/h3,6-10,16H,4-5,11-14H2,1-2H3,(H,24,25). The van der Waals surface area contributed by atoms with E-state index in [1.807, 2.05) is 18.2 Å². The molecule has 1 saturated carbocycles. The molecule has 146 valence electrons. The molecule has 1 heterocycles. The summed E-state index contributed by atoms with van der Waals surface area (Å²) in [7, 11) is 0. The monoisotopic (exact) mass is 391 g/mol. The smallest absolute Gasteiger partial charge is 0.449 e. The lowest BCUT2D eigenvalue weighted by Crippen LogP contribution is -2.29. The molecule has 1 fully saturated rings. The van der Waals surface area contributed by atoms with Gasteiger partial charge < -0.3 is 14.7 Å². The molecule has 6 heteroatoms. The van der Waals surface area contributed by atoms with E-state index in [-0.39, 0.29) is 5.82 Å². The maximum absolute atomic E-state index is 13.0. The maximum atomic E-state index is 13.0. The van der Waals surface area contributed by atoms with Crippen LogP contribution in [0.1, 0.15) is 32.3 Å². The van der Waals surface area contributed by atoms with Crippen LogP contribution in [0.4, 0.5) is 9.18 Å². The molecule has 1 aliphatic heterocycles. The lowest BCUT2D eigenvalue weighted by atomic mass is 10.1. The van der Waals surface area contributed by atoms with Crippen LogP contribution in [-0.4, -0.2) is 35.0 Å². The molecule has 1 atom stereocenters. The highest BCUT2D eigenvalue weighted by Gasteiger charge is 2.46. The summed E-state index contributed by atoms with van der Waals surface area (Å²) in [5.41, 5.74) is 1.47. The Morgan fingerprint density at radius 3 is 2.70 bits per heavy atom. The molecular formula is C21H26FNO3S. The molecule has 3 rings (SSSR count). The molecule has 27 heavy (non-hydrogen) atoms. The van der Waals surface area contributed by atoms with E-state index >= 15 is 0 Å². The highest BCUT2D eigenvalue weighted by Crippen LogP contribution is 2.52. The molecule has 1 unspecified atom stereocenters. The number of aryl methyl sites for hydroxylation is 1. The van der Waals surface area contributed by atoms with Gasteiger partial charge >= 0.3 is 6.16 Å². The van der Waals surface area contributed by atoms with E-state index in [4.69, 9.17) is 9.84 Å². The van der Waals surface area contributed by atoms with E-state index in [1.165, 1.54) is 18.6 Å². The zero-order chi connectivity index (χ0) is 19.4. The first-order valence-corrected chi connectivity index (χ1v) is 10.3. The zero-order valence-corrected chi connectivity index (χ0v) is 16.6. The van der Waals surface area contributed by atoms with Crippen LogP contribution in [0, 0.1) is 17.2 Å².